The summed E-state index contributed by atoms with van der Waals surface area (Å²) in [6.07, 6.45) is 8.07. The van der Waals surface area contributed by atoms with Gasteiger partial charge in [-0.15, -0.1) is 0 Å². The van der Waals surface area contributed by atoms with Crippen molar-refractivity contribution in [1.29, 1.82) is 0 Å². The lowest BCUT2D eigenvalue weighted by Crippen LogP contribution is -2.42. The minimum absolute atomic E-state index is 0.543. The van der Waals surface area contributed by atoms with Gasteiger partial charge >= 0.3 is 0 Å². The maximum atomic E-state index is 5.43. The van der Waals surface area contributed by atoms with Crippen molar-refractivity contribution in [3.8, 4) is 0 Å². The van der Waals surface area contributed by atoms with Crippen LogP contribution in [0.5, 0.6) is 0 Å². The predicted octanol–water partition coefficient (Wildman–Crippen LogP) is 3.36. The van der Waals surface area contributed by atoms with Crippen LogP contribution < -0.4 is 5.32 Å². The Morgan fingerprint density at radius 3 is 2.29 bits per heavy atom. The highest BCUT2D eigenvalue weighted by atomic mass is 16.5. The molecule has 2 heteroatoms. The molecular formula is C15H29NO. The Kier molecular flexibility index (Phi) is 4.48. The first-order chi connectivity index (χ1) is 8.12. The molecule has 0 aromatic heterocycles. The minimum atomic E-state index is 0.543. The van der Waals surface area contributed by atoms with E-state index in [9.17, 15) is 0 Å². The molecule has 1 heterocycles. The third-order valence-corrected chi connectivity index (χ3v) is 5.14. The number of ether oxygens (including phenoxy) is 1. The number of nitrogens with one attached hydrogen (secondary N) is 1. The van der Waals surface area contributed by atoms with Crippen molar-refractivity contribution < 1.29 is 4.74 Å². The second-order valence-corrected chi connectivity index (χ2v) is 6.62. The van der Waals surface area contributed by atoms with Gasteiger partial charge in [-0.2, -0.15) is 0 Å². The Bertz CT molecular complexity index is 225. The quantitative estimate of drug-likeness (QED) is 0.812. The van der Waals surface area contributed by atoms with E-state index in [-0.39, 0.29) is 0 Å². The van der Waals surface area contributed by atoms with E-state index < -0.39 is 0 Å². The summed E-state index contributed by atoms with van der Waals surface area (Å²) in [6, 6.07) is 1.39. The topological polar surface area (TPSA) is 21.3 Å². The first-order valence-electron chi connectivity index (χ1n) is 7.45. The van der Waals surface area contributed by atoms with Gasteiger partial charge in [0.05, 0.1) is 6.61 Å². The molecule has 1 atom stereocenters. The third kappa shape index (κ3) is 3.45. The van der Waals surface area contributed by atoms with Gasteiger partial charge in [0.1, 0.15) is 0 Å². The molecule has 1 N–H and O–H groups in total. The molecule has 0 aromatic rings. The van der Waals surface area contributed by atoms with Gasteiger partial charge in [-0.3, -0.25) is 0 Å². The molecule has 1 aliphatic carbocycles. The van der Waals surface area contributed by atoms with Gasteiger partial charge in [-0.05, 0) is 43.4 Å². The molecule has 100 valence electrons. The summed E-state index contributed by atoms with van der Waals surface area (Å²) in [5.74, 6) is 0.936. The van der Waals surface area contributed by atoms with Crippen molar-refractivity contribution in [3.05, 3.63) is 0 Å². The number of hydrogen-bond donors (Lipinski definition) is 1. The van der Waals surface area contributed by atoms with E-state index in [4.69, 9.17) is 4.74 Å². The third-order valence-electron chi connectivity index (χ3n) is 5.14. The van der Waals surface area contributed by atoms with E-state index in [0.29, 0.717) is 11.5 Å². The first-order valence-corrected chi connectivity index (χ1v) is 7.45. The zero-order valence-corrected chi connectivity index (χ0v) is 11.8. The second-order valence-electron chi connectivity index (χ2n) is 6.62. The van der Waals surface area contributed by atoms with Gasteiger partial charge in [0.25, 0.3) is 0 Å². The van der Waals surface area contributed by atoms with Gasteiger partial charge in [0, 0.05) is 18.7 Å². The zero-order valence-electron chi connectivity index (χ0n) is 11.8. The largest absolute Gasteiger partial charge is 0.380 e. The Labute approximate surface area is 107 Å². The van der Waals surface area contributed by atoms with Crippen molar-refractivity contribution in [3.63, 3.8) is 0 Å². The van der Waals surface area contributed by atoms with E-state index in [1.165, 1.54) is 38.5 Å². The number of hydrogen-bond acceptors (Lipinski definition) is 2. The molecule has 0 spiro atoms. The standard InChI is InChI=1S/C15H29NO/c1-4-15(2,3)12-5-7-13(8-6-12)16-14-9-10-17-11-14/h12-14,16H,4-11H2,1-3H3. The Morgan fingerprint density at radius 1 is 1.06 bits per heavy atom. The van der Waals surface area contributed by atoms with Crippen LogP contribution in [0.25, 0.3) is 0 Å². The van der Waals surface area contributed by atoms with Crippen molar-refractivity contribution in [2.45, 2.75) is 71.4 Å². The SMILES string of the molecule is CCC(C)(C)C1CCC(NC2CCOC2)CC1. The molecule has 17 heavy (non-hydrogen) atoms. The Morgan fingerprint density at radius 2 is 1.76 bits per heavy atom. The molecule has 1 unspecified atom stereocenters. The molecule has 1 saturated heterocycles. The molecular weight excluding hydrogens is 210 g/mol. The molecule has 2 aliphatic rings. The zero-order chi connectivity index (χ0) is 12.3. The van der Waals surface area contributed by atoms with Crippen LogP contribution in [-0.4, -0.2) is 25.3 Å². The average molecular weight is 239 g/mol. The van der Waals surface area contributed by atoms with Crippen molar-refractivity contribution in [2.75, 3.05) is 13.2 Å². The Balaban J connectivity index is 1.74. The summed E-state index contributed by atoms with van der Waals surface area (Å²) in [4.78, 5) is 0. The summed E-state index contributed by atoms with van der Waals surface area (Å²) in [6.45, 7) is 9.10. The van der Waals surface area contributed by atoms with Crippen LogP contribution in [0.1, 0.15) is 59.3 Å². The van der Waals surface area contributed by atoms with E-state index in [1.54, 1.807) is 0 Å². The molecule has 2 fully saturated rings. The van der Waals surface area contributed by atoms with Crippen LogP contribution in [-0.2, 0) is 4.74 Å². The van der Waals surface area contributed by atoms with Crippen molar-refractivity contribution in [1.82, 2.24) is 5.32 Å². The molecule has 0 bridgehead atoms. The molecule has 0 radical (unpaired) electrons. The summed E-state index contributed by atoms with van der Waals surface area (Å²) in [7, 11) is 0. The van der Waals surface area contributed by atoms with Crippen LogP contribution in [0.3, 0.4) is 0 Å². The van der Waals surface area contributed by atoms with Crippen molar-refractivity contribution in [2.24, 2.45) is 11.3 Å². The summed E-state index contributed by atoms with van der Waals surface area (Å²) in [5.41, 5.74) is 0.543. The highest BCUT2D eigenvalue weighted by Crippen LogP contribution is 2.40. The highest BCUT2D eigenvalue weighted by Gasteiger charge is 2.32. The summed E-state index contributed by atoms with van der Waals surface area (Å²) >= 11 is 0. The molecule has 2 nitrogen and oxygen atoms in total. The molecule has 0 amide bonds. The maximum absolute atomic E-state index is 5.43. The number of rotatable bonds is 4. The summed E-state index contributed by atoms with van der Waals surface area (Å²) in [5, 5.41) is 3.78. The molecule has 0 aromatic carbocycles. The second kappa shape index (κ2) is 5.71. The van der Waals surface area contributed by atoms with Gasteiger partial charge in [-0.1, -0.05) is 27.2 Å². The van der Waals surface area contributed by atoms with Gasteiger partial charge < -0.3 is 10.1 Å². The van der Waals surface area contributed by atoms with Crippen LogP contribution in [0.2, 0.25) is 0 Å². The molecule has 1 aliphatic heterocycles. The fourth-order valence-electron chi connectivity index (χ4n) is 3.33. The van der Waals surface area contributed by atoms with Gasteiger partial charge in [-0.25, -0.2) is 0 Å². The fourth-order valence-corrected chi connectivity index (χ4v) is 3.33. The minimum Gasteiger partial charge on any atom is -0.380 e. The normalized spacial score (nSPS) is 35.1. The lowest BCUT2D eigenvalue weighted by atomic mass is 9.69. The maximum Gasteiger partial charge on any atom is 0.0620 e. The first kappa shape index (κ1) is 13.4. The van der Waals surface area contributed by atoms with E-state index in [2.05, 4.69) is 26.1 Å². The van der Waals surface area contributed by atoms with Crippen LogP contribution in [0.4, 0.5) is 0 Å². The summed E-state index contributed by atoms with van der Waals surface area (Å²) < 4.78 is 5.43. The van der Waals surface area contributed by atoms with Crippen LogP contribution >= 0.6 is 0 Å². The Hall–Kier alpha value is -0.0800. The van der Waals surface area contributed by atoms with E-state index in [0.717, 1.165) is 25.2 Å². The average Bonchev–Trinajstić information content (AvgIpc) is 2.83. The van der Waals surface area contributed by atoms with Crippen LogP contribution in [0, 0.1) is 11.3 Å². The monoisotopic (exact) mass is 239 g/mol. The molecule has 1 saturated carbocycles. The van der Waals surface area contributed by atoms with E-state index >= 15 is 0 Å². The predicted molar refractivity (Wildman–Crippen MR) is 72.2 cm³/mol. The lowest BCUT2D eigenvalue weighted by Gasteiger charge is -2.39. The fraction of sp³-hybridized carbons (Fsp3) is 1.00. The highest BCUT2D eigenvalue weighted by molar-refractivity contribution is 4.86. The van der Waals surface area contributed by atoms with Gasteiger partial charge in [0.2, 0.25) is 0 Å². The smallest absolute Gasteiger partial charge is 0.0620 e. The van der Waals surface area contributed by atoms with Crippen LogP contribution in [0.15, 0.2) is 0 Å². The lowest BCUT2D eigenvalue weighted by molar-refractivity contribution is 0.131. The van der Waals surface area contributed by atoms with Gasteiger partial charge in [0.15, 0.2) is 0 Å². The molecule has 2 rings (SSSR count). The van der Waals surface area contributed by atoms with E-state index in [1.807, 2.05) is 0 Å². The van der Waals surface area contributed by atoms with Crippen molar-refractivity contribution >= 4 is 0 Å².